The number of nitrogen functional groups attached to an aromatic ring is 1. The molecule has 6 heteroatoms. The van der Waals surface area contributed by atoms with Crippen molar-refractivity contribution in [3.05, 3.63) is 42.5 Å². The van der Waals surface area contributed by atoms with Gasteiger partial charge in [0.1, 0.15) is 5.82 Å². The normalized spacial score (nSPS) is 15.4. The number of rotatable bonds is 2. The van der Waals surface area contributed by atoms with Crippen molar-refractivity contribution in [2.45, 2.75) is 0 Å². The molecular formula is C14H16FN5. The van der Waals surface area contributed by atoms with Crippen LogP contribution < -0.4 is 15.5 Å². The zero-order chi connectivity index (χ0) is 13.9. The number of nitrogens with zero attached hydrogens (tertiary/aromatic N) is 4. The molecule has 2 aromatic rings. The van der Waals surface area contributed by atoms with Gasteiger partial charge in [-0.3, -0.25) is 0 Å². The fraction of sp³-hybridized carbons (Fsp3) is 0.286. The molecule has 0 aliphatic carbocycles. The Balaban J connectivity index is 1.69. The second-order valence-electron chi connectivity index (χ2n) is 4.73. The molecule has 0 spiro atoms. The lowest BCUT2D eigenvalue weighted by molar-refractivity contribution is 0.624. The van der Waals surface area contributed by atoms with Crippen molar-refractivity contribution in [3.8, 4) is 0 Å². The van der Waals surface area contributed by atoms with Crippen LogP contribution in [-0.4, -0.2) is 36.1 Å². The minimum Gasteiger partial charge on any atom is -0.397 e. The molecule has 1 aromatic heterocycles. The molecule has 1 aromatic carbocycles. The molecule has 20 heavy (non-hydrogen) atoms. The quantitative estimate of drug-likeness (QED) is 0.841. The van der Waals surface area contributed by atoms with Gasteiger partial charge in [-0.25, -0.2) is 14.4 Å². The van der Waals surface area contributed by atoms with Gasteiger partial charge in [-0.1, -0.05) is 0 Å². The van der Waals surface area contributed by atoms with E-state index in [4.69, 9.17) is 5.73 Å². The van der Waals surface area contributed by atoms with Crippen molar-refractivity contribution in [2.75, 3.05) is 41.7 Å². The summed E-state index contributed by atoms with van der Waals surface area (Å²) in [6.45, 7) is 3.27. The third-order valence-corrected chi connectivity index (χ3v) is 3.44. The maximum atomic E-state index is 13.1. The van der Waals surface area contributed by atoms with Gasteiger partial charge in [0.15, 0.2) is 0 Å². The fourth-order valence-electron chi connectivity index (χ4n) is 2.42. The van der Waals surface area contributed by atoms with Crippen molar-refractivity contribution in [1.29, 1.82) is 0 Å². The Morgan fingerprint density at radius 1 is 1.00 bits per heavy atom. The highest BCUT2D eigenvalue weighted by molar-refractivity contribution is 5.68. The standard InChI is InChI=1S/C14H16FN5/c15-11-2-3-13(12(16)10-11)19-6-8-20(9-7-19)14-17-4-1-5-18-14/h1-5,10H,6-9,16H2. The Hall–Kier alpha value is -2.37. The second-order valence-corrected chi connectivity index (χ2v) is 4.73. The molecule has 0 amide bonds. The molecule has 1 aliphatic heterocycles. The average Bonchev–Trinajstić information content (AvgIpc) is 2.48. The molecule has 104 valence electrons. The summed E-state index contributed by atoms with van der Waals surface area (Å²) < 4.78 is 13.1. The van der Waals surface area contributed by atoms with Crippen LogP contribution in [0.4, 0.5) is 21.7 Å². The van der Waals surface area contributed by atoms with Crippen LogP contribution >= 0.6 is 0 Å². The average molecular weight is 273 g/mol. The van der Waals surface area contributed by atoms with Crippen LogP contribution in [0.1, 0.15) is 0 Å². The van der Waals surface area contributed by atoms with Crippen LogP contribution in [0.2, 0.25) is 0 Å². The van der Waals surface area contributed by atoms with E-state index in [1.807, 2.05) is 0 Å². The van der Waals surface area contributed by atoms with E-state index in [0.717, 1.165) is 37.8 Å². The number of halogens is 1. The summed E-state index contributed by atoms with van der Waals surface area (Å²) >= 11 is 0. The molecule has 2 heterocycles. The third kappa shape index (κ3) is 2.49. The molecule has 2 N–H and O–H groups in total. The van der Waals surface area contributed by atoms with Crippen molar-refractivity contribution >= 4 is 17.3 Å². The summed E-state index contributed by atoms with van der Waals surface area (Å²) in [7, 11) is 0. The lowest BCUT2D eigenvalue weighted by Crippen LogP contribution is -2.47. The van der Waals surface area contributed by atoms with Gasteiger partial charge in [0.25, 0.3) is 0 Å². The smallest absolute Gasteiger partial charge is 0.225 e. The molecule has 5 nitrogen and oxygen atoms in total. The van der Waals surface area contributed by atoms with E-state index in [1.54, 1.807) is 24.5 Å². The molecule has 0 atom stereocenters. The monoisotopic (exact) mass is 273 g/mol. The summed E-state index contributed by atoms with van der Waals surface area (Å²) in [6.07, 6.45) is 3.49. The number of aromatic nitrogens is 2. The Morgan fingerprint density at radius 3 is 2.30 bits per heavy atom. The fourth-order valence-corrected chi connectivity index (χ4v) is 2.42. The Kier molecular flexibility index (Phi) is 3.37. The Bertz CT molecular complexity index is 581. The summed E-state index contributed by atoms with van der Waals surface area (Å²) in [4.78, 5) is 12.8. The minimum absolute atomic E-state index is 0.303. The number of nitrogens with two attached hydrogens (primary N) is 1. The minimum atomic E-state index is -0.303. The van der Waals surface area contributed by atoms with E-state index >= 15 is 0 Å². The number of hydrogen-bond donors (Lipinski definition) is 1. The van der Waals surface area contributed by atoms with Gasteiger partial charge in [-0.15, -0.1) is 0 Å². The van der Waals surface area contributed by atoms with Crippen molar-refractivity contribution in [2.24, 2.45) is 0 Å². The van der Waals surface area contributed by atoms with Crippen LogP contribution in [-0.2, 0) is 0 Å². The SMILES string of the molecule is Nc1cc(F)ccc1N1CCN(c2ncccn2)CC1. The number of anilines is 3. The first-order valence-electron chi connectivity index (χ1n) is 6.56. The summed E-state index contributed by atoms with van der Waals surface area (Å²) in [5.74, 6) is 0.446. The van der Waals surface area contributed by atoms with E-state index in [1.165, 1.54) is 12.1 Å². The number of benzene rings is 1. The van der Waals surface area contributed by atoms with E-state index in [0.29, 0.717) is 5.69 Å². The van der Waals surface area contributed by atoms with Crippen molar-refractivity contribution in [3.63, 3.8) is 0 Å². The highest BCUT2D eigenvalue weighted by Crippen LogP contribution is 2.25. The van der Waals surface area contributed by atoms with Crippen LogP contribution in [0.15, 0.2) is 36.7 Å². The van der Waals surface area contributed by atoms with Crippen molar-refractivity contribution in [1.82, 2.24) is 9.97 Å². The molecule has 1 saturated heterocycles. The largest absolute Gasteiger partial charge is 0.397 e. The summed E-state index contributed by atoms with van der Waals surface area (Å²) in [6, 6.07) is 6.35. The summed E-state index contributed by atoms with van der Waals surface area (Å²) in [5, 5.41) is 0. The Morgan fingerprint density at radius 2 is 1.65 bits per heavy atom. The molecule has 0 unspecified atom stereocenters. The zero-order valence-electron chi connectivity index (χ0n) is 11.0. The predicted octanol–water partition coefficient (Wildman–Crippen LogP) is 1.52. The molecule has 3 rings (SSSR count). The van der Waals surface area contributed by atoms with Crippen LogP contribution in [0.5, 0.6) is 0 Å². The van der Waals surface area contributed by atoms with Gasteiger partial charge in [-0.05, 0) is 24.3 Å². The zero-order valence-corrected chi connectivity index (χ0v) is 11.0. The first-order valence-corrected chi connectivity index (χ1v) is 6.56. The van der Waals surface area contributed by atoms with Crippen LogP contribution in [0, 0.1) is 5.82 Å². The van der Waals surface area contributed by atoms with E-state index < -0.39 is 0 Å². The molecular weight excluding hydrogens is 257 g/mol. The van der Waals surface area contributed by atoms with E-state index in [-0.39, 0.29) is 5.82 Å². The Labute approximate surface area is 116 Å². The number of hydrogen-bond acceptors (Lipinski definition) is 5. The highest BCUT2D eigenvalue weighted by atomic mass is 19.1. The van der Waals surface area contributed by atoms with Gasteiger partial charge in [0.2, 0.25) is 5.95 Å². The van der Waals surface area contributed by atoms with Crippen LogP contribution in [0.3, 0.4) is 0 Å². The second kappa shape index (κ2) is 5.32. The van der Waals surface area contributed by atoms with Gasteiger partial charge in [0, 0.05) is 38.6 Å². The van der Waals surface area contributed by atoms with Gasteiger partial charge in [0.05, 0.1) is 11.4 Å². The van der Waals surface area contributed by atoms with Crippen LogP contribution in [0.25, 0.3) is 0 Å². The predicted molar refractivity (Wildman–Crippen MR) is 77.3 cm³/mol. The third-order valence-electron chi connectivity index (χ3n) is 3.44. The molecule has 0 bridgehead atoms. The first-order chi connectivity index (χ1) is 9.74. The summed E-state index contributed by atoms with van der Waals surface area (Å²) in [5.41, 5.74) is 7.25. The van der Waals surface area contributed by atoms with Gasteiger partial charge in [-0.2, -0.15) is 0 Å². The molecule has 1 aliphatic rings. The van der Waals surface area contributed by atoms with Crippen molar-refractivity contribution < 1.29 is 4.39 Å². The highest BCUT2D eigenvalue weighted by Gasteiger charge is 2.20. The number of piperazine rings is 1. The topological polar surface area (TPSA) is 58.3 Å². The molecule has 1 fully saturated rings. The first kappa shape index (κ1) is 12.7. The van der Waals surface area contributed by atoms with E-state index in [9.17, 15) is 4.39 Å². The lowest BCUT2D eigenvalue weighted by Gasteiger charge is -2.36. The van der Waals surface area contributed by atoms with Gasteiger partial charge >= 0.3 is 0 Å². The lowest BCUT2D eigenvalue weighted by atomic mass is 10.2. The molecule has 0 radical (unpaired) electrons. The van der Waals surface area contributed by atoms with E-state index in [2.05, 4.69) is 19.8 Å². The molecule has 0 saturated carbocycles. The maximum Gasteiger partial charge on any atom is 0.225 e. The van der Waals surface area contributed by atoms with Gasteiger partial charge < -0.3 is 15.5 Å². The maximum absolute atomic E-state index is 13.1.